The average molecular weight is 477 g/mol. The number of hydrogen-bond acceptors (Lipinski definition) is 6. The summed E-state index contributed by atoms with van der Waals surface area (Å²) in [4.78, 5) is 14.6. The van der Waals surface area contributed by atoms with Crippen molar-refractivity contribution in [3.63, 3.8) is 0 Å². The fourth-order valence-corrected chi connectivity index (χ4v) is 3.79. The number of likely N-dealkylation sites (tertiary alicyclic amines) is 1. The molecule has 11 heteroatoms. The Bertz CT molecular complexity index is 1140. The molecule has 34 heavy (non-hydrogen) atoms. The van der Waals surface area contributed by atoms with E-state index in [0.717, 1.165) is 44.3 Å². The zero-order chi connectivity index (χ0) is 24.1. The topological polar surface area (TPSA) is 83.3 Å². The van der Waals surface area contributed by atoms with Crippen LogP contribution < -0.4 is 10.6 Å². The lowest BCUT2D eigenvalue weighted by Crippen LogP contribution is -2.22. The summed E-state index contributed by atoms with van der Waals surface area (Å²) < 4.78 is 60.5. The summed E-state index contributed by atoms with van der Waals surface area (Å²) >= 11 is 0. The molecule has 1 fully saturated rings. The van der Waals surface area contributed by atoms with E-state index in [4.69, 9.17) is 4.42 Å². The molecule has 2 heterocycles. The highest BCUT2D eigenvalue weighted by Gasteiger charge is 2.35. The first-order valence-electron chi connectivity index (χ1n) is 10.9. The van der Waals surface area contributed by atoms with Crippen LogP contribution in [0.5, 0.6) is 0 Å². The Kier molecular flexibility index (Phi) is 7.11. The highest BCUT2D eigenvalue weighted by Crippen LogP contribution is 2.38. The second-order valence-corrected chi connectivity index (χ2v) is 7.93. The third kappa shape index (κ3) is 5.71. The number of hydrogen-bond donors (Lipinski definition) is 2. The van der Waals surface area contributed by atoms with E-state index in [-0.39, 0.29) is 28.7 Å². The number of halogens is 4. The molecule has 1 aromatic heterocycles. The van der Waals surface area contributed by atoms with Crippen molar-refractivity contribution in [3.8, 4) is 11.5 Å². The third-order valence-corrected chi connectivity index (χ3v) is 5.48. The molecule has 1 aliphatic heterocycles. The number of nitrogens with zero attached hydrogens (tertiary/aromatic N) is 3. The Hall–Kier alpha value is -3.47. The molecule has 2 N–H and O–H groups in total. The molecular weight excluding hydrogens is 454 g/mol. The van der Waals surface area contributed by atoms with Gasteiger partial charge in [-0.05, 0) is 69.2 Å². The van der Waals surface area contributed by atoms with E-state index in [1.807, 2.05) is 0 Å². The Morgan fingerprint density at radius 3 is 2.59 bits per heavy atom. The first-order valence-corrected chi connectivity index (χ1v) is 10.9. The summed E-state index contributed by atoms with van der Waals surface area (Å²) in [5, 5.41) is 12.8. The van der Waals surface area contributed by atoms with Gasteiger partial charge in [0, 0.05) is 12.2 Å². The Morgan fingerprint density at radius 2 is 1.85 bits per heavy atom. The summed E-state index contributed by atoms with van der Waals surface area (Å²) in [6.45, 7) is 3.64. The quantitative estimate of drug-likeness (QED) is 0.349. The van der Waals surface area contributed by atoms with Gasteiger partial charge in [-0.25, -0.2) is 4.39 Å². The molecule has 4 rings (SSSR count). The van der Waals surface area contributed by atoms with Gasteiger partial charge in [0.15, 0.2) is 0 Å². The van der Waals surface area contributed by atoms with Crippen molar-refractivity contribution < 1.29 is 26.8 Å². The van der Waals surface area contributed by atoms with Crippen LogP contribution in [0.4, 0.5) is 29.3 Å². The molecule has 180 valence electrons. The normalized spacial score (nSPS) is 14.4. The number of carbonyl (C=O) groups excluding carboxylic acids is 1. The minimum Gasteiger partial charge on any atom is -0.403 e. The Labute approximate surface area is 193 Å². The zero-order valence-corrected chi connectivity index (χ0v) is 18.2. The number of anilines is 2. The van der Waals surface area contributed by atoms with Crippen LogP contribution in [0.1, 0.15) is 35.2 Å². The molecule has 1 aliphatic rings. The van der Waals surface area contributed by atoms with Crippen LogP contribution >= 0.6 is 0 Å². The van der Waals surface area contributed by atoms with Crippen molar-refractivity contribution in [1.82, 2.24) is 15.1 Å². The molecular formula is C23H23F4N5O2. The maximum absolute atomic E-state index is 13.8. The molecule has 3 aromatic rings. The van der Waals surface area contributed by atoms with E-state index < -0.39 is 23.5 Å². The maximum Gasteiger partial charge on any atom is 0.417 e. The predicted molar refractivity (Wildman–Crippen MR) is 118 cm³/mol. The van der Waals surface area contributed by atoms with Crippen molar-refractivity contribution in [2.75, 3.05) is 36.8 Å². The van der Waals surface area contributed by atoms with Crippen molar-refractivity contribution in [2.45, 2.75) is 25.4 Å². The van der Waals surface area contributed by atoms with Crippen LogP contribution in [0.3, 0.4) is 0 Å². The van der Waals surface area contributed by atoms with E-state index in [1.54, 1.807) is 0 Å². The van der Waals surface area contributed by atoms with Crippen LogP contribution in [0.25, 0.3) is 11.5 Å². The van der Waals surface area contributed by atoms with Gasteiger partial charge in [0.25, 0.3) is 5.91 Å². The summed E-state index contributed by atoms with van der Waals surface area (Å²) in [5.41, 5.74) is -1.82. The number of carbonyl (C=O) groups is 1. The first kappa shape index (κ1) is 23.7. The molecule has 0 unspecified atom stereocenters. The minimum absolute atomic E-state index is 0.0291. The van der Waals surface area contributed by atoms with Gasteiger partial charge in [-0.1, -0.05) is 17.2 Å². The molecule has 0 aliphatic carbocycles. The van der Waals surface area contributed by atoms with E-state index in [9.17, 15) is 22.4 Å². The molecule has 0 atom stereocenters. The van der Waals surface area contributed by atoms with Crippen molar-refractivity contribution in [1.29, 1.82) is 0 Å². The van der Waals surface area contributed by atoms with Gasteiger partial charge in [0.2, 0.25) is 5.89 Å². The molecule has 2 aromatic carbocycles. The van der Waals surface area contributed by atoms with Crippen molar-refractivity contribution in [2.24, 2.45) is 0 Å². The molecule has 7 nitrogen and oxygen atoms in total. The van der Waals surface area contributed by atoms with Gasteiger partial charge in [0.05, 0.1) is 16.7 Å². The minimum atomic E-state index is -4.76. The monoisotopic (exact) mass is 477 g/mol. The second-order valence-electron chi connectivity index (χ2n) is 7.93. The molecule has 1 amide bonds. The van der Waals surface area contributed by atoms with Gasteiger partial charge >= 0.3 is 12.2 Å². The number of amides is 1. The van der Waals surface area contributed by atoms with Crippen LogP contribution in [0, 0.1) is 5.82 Å². The standard InChI is InChI=1S/C23H23F4N5O2/c24-19-7-2-1-6-17(19)20(33)29-15-8-9-16(18(14-15)23(25,26)27)21-30-31-22(34-21)28-10-5-13-32-11-3-4-12-32/h1-2,6-9,14H,3-5,10-13H2,(H,28,31)(H,29,33). The maximum atomic E-state index is 13.8. The van der Waals surface area contributed by atoms with Crippen LogP contribution in [0.15, 0.2) is 46.9 Å². The van der Waals surface area contributed by atoms with Gasteiger partial charge in [-0.15, -0.1) is 5.10 Å². The molecule has 0 bridgehead atoms. The molecule has 0 radical (unpaired) electrons. The van der Waals surface area contributed by atoms with Crippen LogP contribution in [0.2, 0.25) is 0 Å². The smallest absolute Gasteiger partial charge is 0.403 e. The van der Waals surface area contributed by atoms with Gasteiger partial charge in [0.1, 0.15) is 5.82 Å². The fraction of sp³-hybridized carbons (Fsp3) is 0.348. The lowest BCUT2D eigenvalue weighted by atomic mass is 10.1. The Balaban J connectivity index is 1.46. The summed E-state index contributed by atoms with van der Waals surface area (Å²) in [5.74, 6) is -1.95. The average Bonchev–Trinajstić information content (AvgIpc) is 3.49. The van der Waals surface area contributed by atoms with E-state index in [2.05, 4.69) is 25.7 Å². The largest absolute Gasteiger partial charge is 0.417 e. The van der Waals surface area contributed by atoms with Crippen molar-refractivity contribution in [3.05, 3.63) is 59.4 Å². The van der Waals surface area contributed by atoms with Gasteiger partial charge in [-0.2, -0.15) is 13.2 Å². The Morgan fingerprint density at radius 1 is 1.09 bits per heavy atom. The molecule has 0 saturated carbocycles. The zero-order valence-electron chi connectivity index (χ0n) is 18.2. The van der Waals surface area contributed by atoms with E-state index in [0.29, 0.717) is 6.54 Å². The van der Waals surface area contributed by atoms with Crippen LogP contribution in [-0.2, 0) is 6.18 Å². The summed E-state index contributed by atoms with van der Waals surface area (Å²) in [7, 11) is 0. The lowest BCUT2D eigenvalue weighted by Gasteiger charge is -2.14. The highest BCUT2D eigenvalue weighted by atomic mass is 19.4. The number of rotatable bonds is 8. The second kappa shape index (κ2) is 10.2. The number of aromatic nitrogens is 2. The van der Waals surface area contributed by atoms with Gasteiger partial charge < -0.3 is 20.0 Å². The third-order valence-electron chi connectivity index (χ3n) is 5.48. The number of benzene rings is 2. The van der Waals surface area contributed by atoms with E-state index >= 15 is 0 Å². The number of nitrogens with one attached hydrogen (secondary N) is 2. The molecule has 1 saturated heterocycles. The fourth-order valence-electron chi connectivity index (χ4n) is 3.79. The molecule has 0 spiro atoms. The SMILES string of the molecule is O=C(Nc1ccc(-c2nnc(NCCCN3CCCC3)o2)c(C(F)(F)F)c1)c1ccccc1F. The van der Waals surface area contributed by atoms with E-state index in [1.165, 1.54) is 37.1 Å². The summed E-state index contributed by atoms with van der Waals surface area (Å²) in [6.07, 6.45) is -1.52. The number of alkyl halides is 3. The summed E-state index contributed by atoms with van der Waals surface area (Å²) in [6, 6.07) is 8.36. The van der Waals surface area contributed by atoms with Gasteiger partial charge in [-0.3, -0.25) is 4.79 Å². The van der Waals surface area contributed by atoms with Crippen LogP contribution in [-0.4, -0.2) is 47.2 Å². The lowest BCUT2D eigenvalue weighted by molar-refractivity contribution is -0.137. The highest BCUT2D eigenvalue weighted by molar-refractivity contribution is 6.04. The van der Waals surface area contributed by atoms with Crippen molar-refractivity contribution >= 4 is 17.6 Å². The predicted octanol–water partition coefficient (Wildman–Crippen LogP) is 5.04. The first-order chi connectivity index (χ1) is 16.3.